The molecule has 5 nitrogen and oxygen atoms in total. The van der Waals surface area contributed by atoms with Crippen molar-refractivity contribution in [2.75, 3.05) is 13.7 Å². The molecule has 0 aliphatic carbocycles. The number of rotatable bonds is 5. The summed E-state index contributed by atoms with van der Waals surface area (Å²) in [7, 11) is -2.76. The number of methoxy groups -OCH3 is 1. The van der Waals surface area contributed by atoms with Gasteiger partial charge in [-0.05, 0) is 18.2 Å². The maximum atomic E-state index is 12.0. The monoisotopic (exact) mass is 345 g/mol. The zero-order chi connectivity index (χ0) is 14.6. The Morgan fingerprint density at radius 1 is 1.42 bits per heavy atom. The highest BCUT2D eigenvalue weighted by Crippen LogP contribution is 2.24. The molecular formula is C10H10Cl3NO4S. The van der Waals surface area contributed by atoms with Gasteiger partial charge in [0.1, 0.15) is 10.3 Å². The summed E-state index contributed by atoms with van der Waals surface area (Å²) in [6, 6.07) is 4.02. The van der Waals surface area contributed by atoms with Crippen molar-refractivity contribution in [2.45, 2.75) is 10.3 Å². The number of carbonyl (C=O) groups is 1. The molecule has 0 fully saturated rings. The van der Waals surface area contributed by atoms with Gasteiger partial charge in [-0.3, -0.25) is 4.79 Å². The van der Waals surface area contributed by atoms with E-state index >= 15 is 0 Å². The van der Waals surface area contributed by atoms with Crippen molar-refractivity contribution in [3.05, 3.63) is 28.2 Å². The van der Waals surface area contributed by atoms with E-state index in [1.165, 1.54) is 18.2 Å². The van der Waals surface area contributed by atoms with E-state index in [-0.39, 0.29) is 21.5 Å². The highest BCUT2D eigenvalue weighted by Gasteiger charge is 2.22. The van der Waals surface area contributed by atoms with Crippen LogP contribution >= 0.6 is 34.8 Å². The molecule has 0 heterocycles. The second-order valence-electron chi connectivity index (χ2n) is 3.42. The van der Waals surface area contributed by atoms with Gasteiger partial charge >= 0.3 is 5.97 Å². The molecule has 0 aliphatic rings. The quantitative estimate of drug-likeness (QED) is 0.654. The lowest BCUT2D eigenvalue weighted by Gasteiger charge is -2.11. The zero-order valence-electron chi connectivity index (χ0n) is 9.69. The molecule has 0 saturated heterocycles. The first-order chi connectivity index (χ1) is 8.77. The van der Waals surface area contributed by atoms with E-state index in [4.69, 9.17) is 34.8 Å². The number of benzene rings is 1. The van der Waals surface area contributed by atoms with Gasteiger partial charge in [0.15, 0.2) is 0 Å². The fourth-order valence-electron chi connectivity index (χ4n) is 1.15. The maximum Gasteiger partial charge on any atom is 0.325 e. The fraction of sp³-hybridized carbons (Fsp3) is 0.300. The van der Waals surface area contributed by atoms with E-state index in [1.807, 2.05) is 0 Å². The molecule has 106 valence electrons. The number of hydrogen-bond donors (Lipinski definition) is 1. The van der Waals surface area contributed by atoms with Crippen LogP contribution in [-0.2, 0) is 19.6 Å². The van der Waals surface area contributed by atoms with Crippen LogP contribution in [0.5, 0.6) is 0 Å². The van der Waals surface area contributed by atoms with Gasteiger partial charge in [0.25, 0.3) is 0 Å². The lowest BCUT2D eigenvalue weighted by molar-refractivity contribution is -0.140. The number of esters is 1. The van der Waals surface area contributed by atoms with E-state index < -0.39 is 21.4 Å². The topological polar surface area (TPSA) is 72.5 Å². The normalized spacial score (nSPS) is 13.1. The van der Waals surface area contributed by atoms with E-state index in [0.717, 1.165) is 7.11 Å². The molecule has 9 heteroatoms. The van der Waals surface area contributed by atoms with Crippen LogP contribution in [0.2, 0.25) is 10.0 Å². The standard InChI is InChI=1S/C10H10Cl3NO4S/c1-18-10(15)8(13)5-14-19(16,17)9-4-6(11)2-3-7(9)12/h2-4,8,14H,5H2,1H3. The number of ether oxygens (including phenoxy) is 1. The highest BCUT2D eigenvalue weighted by molar-refractivity contribution is 7.89. The molecule has 0 saturated carbocycles. The van der Waals surface area contributed by atoms with Gasteiger partial charge in [0, 0.05) is 11.6 Å². The van der Waals surface area contributed by atoms with Crippen molar-refractivity contribution >= 4 is 50.8 Å². The van der Waals surface area contributed by atoms with Gasteiger partial charge < -0.3 is 4.74 Å². The summed E-state index contributed by atoms with van der Waals surface area (Å²) in [5, 5.41) is -0.890. The molecule has 1 N–H and O–H groups in total. The largest absolute Gasteiger partial charge is 0.468 e. The molecule has 19 heavy (non-hydrogen) atoms. The third kappa shape index (κ3) is 4.50. The average molecular weight is 347 g/mol. The smallest absolute Gasteiger partial charge is 0.325 e. The van der Waals surface area contributed by atoms with E-state index in [9.17, 15) is 13.2 Å². The molecule has 1 atom stereocenters. The van der Waals surface area contributed by atoms with Crippen LogP contribution in [0.3, 0.4) is 0 Å². The Balaban J connectivity index is 2.87. The van der Waals surface area contributed by atoms with Crippen LogP contribution < -0.4 is 4.72 Å². The van der Waals surface area contributed by atoms with Gasteiger partial charge in [0.05, 0.1) is 12.1 Å². The van der Waals surface area contributed by atoms with E-state index in [0.29, 0.717) is 0 Å². The third-order valence-corrected chi connectivity index (χ3v) is 4.56. The Morgan fingerprint density at radius 2 is 2.05 bits per heavy atom. The molecule has 1 rings (SSSR count). The number of halogens is 3. The van der Waals surface area contributed by atoms with Crippen molar-refractivity contribution in [1.29, 1.82) is 0 Å². The summed E-state index contributed by atoms with van der Waals surface area (Å²) < 4.78 is 30.4. The first-order valence-electron chi connectivity index (χ1n) is 4.94. The number of sulfonamides is 1. The van der Waals surface area contributed by atoms with Crippen LogP contribution in [0.25, 0.3) is 0 Å². The van der Waals surface area contributed by atoms with Gasteiger partial charge in [0.2, 0.25) is 10.0 Å². The van der Waals surface area contributed by atoms with Gasteiger partial charge in [-0.2, -0.15) is 0 Å². The van der Waals surface area contributed by atoms with Gasteiger partial charge in [-0.25, -0.2) is 13.1 Å². The zero-order valence-corrected chi connectivity index (χ0v) is 12.8. The number of nitrogens with one attached hydrogen (secondary N) is 1. The summed E-state index contributed by atoms with van der Waals surface area (Å²) in [6.07, 6.45) is 0. The number of hydrogen-bond acceptors (Lipinski definition) is 4. The molecular weight excluding hydrogens is 337 g/mol. The highest BCUT2D eigenvalue weighted by atomic mass is 35.5. The van der Waals surface area contributed by atoms with Gasteiger partial charge in [-0.1, -0.05) is 23.2 Å². The molecule has 1 aromatic rings. The lowest BCUT2D eigenvalue weighted by Crippen LogP contribution is -2.34. The summed E-state index contributed by atoms with van der Waals surface area (Å²) in [4.78, 5) is 10.9. The lowest BCUT2D eigenvalue weighted by atomic mass is 10.4. The van der Waals surface area contributed by atoms with E-state index in [1.54, 1.807) is 0 Å². The minimum Gasteiger partial charge on any atom is -0.468 e. The third-order valence-electron chi connectivity index (χ3n) is 2.09. The SMILES string of the molecule is COC(=O)C(Cl)CNS(=O)(=O)c1cc(Cl)ccc1Cl. The minimum atomic E-state index is -3.91. The van der Waals surface area contributed by atoms with Crippen LogP contribution in [0, 0.1) is 0 Å². The van der Waals surface area contributed by atoms with Crippen molar-refractivity contribution in [1.82, 2.24) is 4.72 Å². The Kier molecular flexibility index (Phi) is 5.88. The Bertz CT molecular complexity index is 576. The average Bonchev–Trinajstić information content (AvgIpc) is 2.37. The number of carbonyl (C=O) groups excluding carboxylic acids is 1. The molecule has 1 unspecified atom stereocenters. The Hall–Kier alpha value is -0.530. The first kappa shape index (κ1) is 16.5. The van der Waals surface area contributed by atoms with Crippen LogP contribution in [0.1, 0.15) is 0 Å². The predicted molar refractivity (Wildman–Crippen MR) is 73.3 cm³/mol. The molecule has 0 spiro atoms. The van der Waals surface area contributed by atoms with Crippen molar-refractivity contribution in [3.8, 4) is 0 Å². The minimum absolute atomic E-state index is 0.0149. The van der Waals surface area contributed by atoms with Crippen LogP contribution in [0.4, 0.5) is 0 Å². The molecule has 0 bridgehead atoms. The summed E-state index contributed by atoms with van der Waals surface area (Å²) in [5.74, 6) is -0.735. The van der Waals surface area contributed by atoms with Crippen LogP contribution in [0.15, 0.2) is 23.1 Å². The second kappa shape index (κ2) is 6.76. The number of alkyl halides is 1. The molecule has 1 aromatic carbocycles. The van der Waals surface area contributed by atoms with Crippen molar-refractivity contribution in [3.63, 3.8) is 0 Å². The summed E-state index contributed by atoms with van der Waals surface area (Å²) >= 11 is 17.1. The predicted octanol–water partition coefficient (Wildman–Crippen LogP) is 2.05. The van der Waals surface area contributed by atoms with Crippen LogP contribution in [-0.4, -0.2) is 33.4 Å². The Labute approximate surface area is 125 Å². The molecule has 0 amide bonds. The Morgan fingerprint density at radius 3 is 2.63 bits per heavy atom. The maximum absolute atomic E-state index is 12.0. The van der Waals surface area contributed by atoms with E-state index in [2.05, 4.69) is 9.46 Å². The molecule has 0 aliphatic heterocycles. The second-order valence-corrected chi connectivity index (χ2v) is 6.52. The molecule has 0 radical (unpaired) electrons. The fourth-order valence-corrected chi connectivity index (χ4v) is 3.22. The molecule has 0 aromatic heterocycles. The van der Waals surface area contributed by atoms with Crippen molar-refractivity contribution in [2.24, 2.45) is 0 Å². The summed E-state index contributed by atoms with van der Waals surface area (Å²) in [6.45, 7) is -0.320. The first-order valence-corrected chi connectivity index (χ1v) is 7.62. The van der Waals surface area contributed by atoms with Crippen molar-refractivity contribution < 1.29 is 17.9 Å². The summed E-state index contributed by atoms with van der Waals surface area (Å²) in [5.41, 5.74) is 0. The van der Waals surface area contributed by atoms with Gasteiger partial charge in [-0.15, -0.1) is 11.6 Å².